The van der Waals surface area contributed by atoms with Gasteiger partial charge in [-0.05, 0) is 30.0 Å². The molecule has 0 aliphatic carbocycles. The lowest BCUT2D eigenvalue weighted by Crippen LogP contribution is -2.27. The number of nitrogens with one attached hydrogen (secondary N) is 1. The monoisotopic (exact) mass is 319 g/mol. The summed E-state index contributed by atoms with van der Waals surface area (Å²) in [5.74, 6) is 0. The number of hydrogen-bond donors (Lipinski definition) is 1. The molecule has 0 saturated carbocycles. The normalized spacial score (nSPS) is 13.8. The largest absolute Gasteiger partial charge is 0.261 e. The van der Waals surface area contributed by atoms with Crippen molar-refractivity contribution in [2.45, 2.75) is 44.0 Å². The zero-order chi connectivity index (χ0) is 16.4. The highest BCUT2D eigenvalue weighted by molar-refractivity contribution is 7.89. The smallest absolute Gasteiger partial charge is 0.241 e. The second kappa shape index (κ2) is 6.14. The fraction of sp³-hybridized carbons (Fsp3) is 0.375. The summed E-state index contributed by atoms with van der Waals surface area (Å²) in [6.45, 7) is 8.01. The molecule has 0 aliphatic rings. The Kier molecular flexibility index (Phi) is 4.63. The number of rotatable bonds is 4. The van der Waals surface area contributed by atoms with Gasteiger partial charge >= 0.3 is 0 Å². The summed E-state index contributed by atoms with van der Waals surface area (Å²) in [4.78, 5) is 8.31. The van der Waals surface area contributed by atoms with Gasteiger partial charge in [0.05, 0.1) is 16.6 Å². The summed E-state index contributed by atoms with van der Waals surface area (Å²) in [6, 6.07) is 6.52. The Labute approximate surface area is 131 Å². The van der Waals surface area contributed by atoms with Crippen LogP contribution in [0.2, 0.25) is 0 Å². The first-order chi connectivity index (χ1) is 10.2. The Balaban J connectivity index is 2.20. The fourth-order valence-corrected chi connectivity index (χ4v) is 3.25. The van der Waals surface area contributed by atoms with Crippen LogP contribution in [0.3, 0.4) is 0 Å². The van der Waals surface area contributed by atoms with Crippen LogP contribution < -0.4 is 4.72 Å². The van der Waals surface area contributed by atoms with Gasteiger partial charge in [0.1, 0.15) is 0 Å². The van der Waals surface area contributed by atoms with Gasteiger partial charge in [-0.1, -0.05) is 32.9 Å². The molecule has 0 aliphatic heterocycles. The van der Waals surface area contributed by atoms with Gasteiger partial charge < -0.3 is 0 Å². The van der Waals surface area contributed by atoms with Crippen LogP contribution in [0.4, 0.5) is 0 Å². The lowest BCUT2D eigenvalue weighted by atomic mass is 9.87. The third-order valence-corrected chi connectivity index (χ3v) is 4.95. The highest BCUT2D eigenvalue weighted by Crippen LogP contribution is 2.24. The predicted octanol–water partition coefficient (Wildman–Crippen LogP) is 2.81. The van der Waals surface area contributed by atoms with Gasteiger partial charge in [-0.25, -0.2) is 13.1 Å². The van der Waals surface area contributed by atoms with Gasteiger partial charge in [-0.15, -0.1) is 0 Å². The first-order valence-electron chi connectivity index (χ1n) is 7.09. The molecule has 0 fully saturated rings. The molecular weight excluding hydrogens is 298 g/mol. The highest BCUT2D eigenvalue weighted by Gasteiger charge is 2.20. The second-order valence-electron chi connectivity index (χ2n) is 6.25. The molecule has 5 nitrogen and oxygen atoms in total. The molecule has 0 radical (unpaired) electrons. The van der Waals surface area contributed by atoms with Gasteiger partial charge in [0, 0.05) is 18.6 Å². The first kappa shape index (κ1) is 16.6. The van der Waals surface area contributed by atoms with Crippen LogP contribution in [0.5, 0.6) is 0 Å². The quantitative estimate of drug-likeness (QED) is 0.940. The number of hydrogen-bond acceptors (Lipinski definition) is 4. The van der Waals surface area contributed by atoms with Crippen molar-refractivity contribution in [3.05, 3.63) is 54.1 Å². The van der Waals surface area contributed by atoms with Gasteiger partial charge in [0.2, 0.25) is 10.0 Å². The Morgan fingerprint density at radius 2 is 1.73 bits per heavy atom. The summed E-state index contributed by atoms with van der Waals surface area (Å²) in [6.07, 6.45) is 4.64. The van der Waals surface area contributed by atoms with E-state index in [0.717, 1.165) is 5.56 Å². The van der Waals surface area contributed by atoms with Crippen LogP contribution in [0.25, 0.3) is 0 Å². The lowest BCUT2D eigenvalue weighted by molar-refractivity contribution is 0.562. The van der Waals surface area contributed by atoms with Gasteiger partial charge in [-0.2, -0.15) is 0 Å². The van der Waals surface area contributed by atoms with E-state index in [9.17, 15) is 8.42 Å². The van der Waals surface area contributed by atoms with Crippen LogP contribution in [0.1, 0.15) is 45.0 Å². The molecular formula is C16H21N3O2S. The third-order valence-electron chi connectivity index (χ3n) is 3.39. The molecule has 0 spiro atoms. The van der Waals surface area contributed by atoms with Crippen molar-refractivity contribution in [3.63, 3.8) is 0 Å². The third kappa shape index (κ3) is 3.90. The maximum Gasteiger partial charge on any atom is 0.241 e. The van der Waals surface area contributed by atoms with Crippen LogP contribution >= 0.6 is 0 Å². The maximum absolute atomic E-state index is 12.4. The predicted molar refractivity (Wildman–Crippen MR) is 85.9 cm³/mol. The molecule has 0 saturated heterocycles. The molecule has 2 rings (SSSR count). The van der Waals surface area contributed by atoms with E-state index in [1.807, 2.05) is 12.1 Å². The molecule has 1 N–H and O–H groups in total. The number of aromatic nitrogens is 2. The van der Waals surface area contributed by atoms with E-state index in [1.165, 1.54) is 6.20 Å². The molecule has 1 aromatic carbocycles. The summed E-state index contributed by atoms with van der Waals surface area (Å²) < 4.78 is 27.5. The van der Waals surface area contributed by atoms with E-state index in [2.05, 4.69) is 35.5 Å². The van der Waals surface area contributed by atoms with Crippen LogP contribution in [0, 0.1) is 0 Å². The van der Waals surface area contributed by atoms with E-state index < -0.39 is 16.1 Å². The number of benzene rings is 1. The van der Waals surface area contributed by atoms with Crippen molar-refractivity contribution in [1.82, 2.24) is 14.7 Å². The van der Waals surface area contributed by atoms with Crippen molar-refractivity contribution < 1.29 is 8.42 Å². The standard InChI is InChI=1S/C16H21N3O2S/c1-12(15-11-17-9-10-18-15)19-22(20,21)14-7-5-13(6-8-14)16(2,3)4/h5-12,19H,1-4H3/t12-/m1/s1. The van der Waals surface area contributed by atoms with Crippen molar-refractivity contribution in [3.8, 4) is 0 Å². The molecule has 22 heavy (non-hydrogen) atoms. The minimum Gasteiger partial charge on any atom is -0.261 e. The molecule has 118 valence electrons. The van der Waals surface area contributed by atoms with E-state index in [-0.39, 0.29) is 10.3 Å². The van der Waals surface area contributed by atoms with Crippen molar-refractivity contribution in [2.24, 2.45) is 0 Å². The van der Waals surface area contributed by atoms with Crippen molar-refractivity contribution in [2.75, 3.05) is 0 Å². The number of sulfonamides is 1. The summed E-state index contributed by atoms with van der Waals surface area (Å²) >= 11 is 0. The van der Waals surface area contributed by atoms with E-state index in [0.29, 0.717) is 5.69 Å². The van der Waals surface area contributed by atoms with E-state index >= 15 is 0 Å². The van der Waals surface area contributed by atoms with Gasteiger partial charge in [0.15, 0.2) is 0 Å². The van der Waals surface area contributed by atoms with E-state index in [4.69, 9.17) is 0 Å². The minimum atomic E-state index is -3.59. The molecule has 1 aromatic heterocycles. The molecule has 0 unspecified atom stereocenters. The summed E-state index contributed by atoms with van der Waals surface area (Å²) in [5, 5.41) is 0. The van der Waals surface area contributed by atoms with Crippen LogP contribution in [-0.4, -0.2) is 18.4 Å². The molecule has 0 bridgehead atoms. The lowest BCUT2D eigenvalue weighted by Gasteiger charge is -2.19. The zero-order valence-corrected chi connectivity index (χ0v) is 14.1. The van der Waals surface area contributed by atoms with Crippen molar-refractivity contribution in [1.29, 1.82) is 0 Å². The second-order valence-corrected chi connectivity index (χ2v) is 7.96. The van der Waals surface area contributed by atoms with Crippen molar-refractivity contribution >= 4 is 10.0 Å². The topological polar surface area (TPSA) is 72.0 Å². The van der Waals surface area contributed by atoms with E-state index in [1.54, 1.807) is 31.5 Å². The highest BCUT2D eigenvalue weighted by atomic mass is 32.2. The number of nitrogens with zero attached hydrogens (tertiary/aromatic N) is 2. The Hall–Kier alpha value is -1.79. The molecule has 6 heteroatoms. The SMILES string of the molecule is C[C@@H](NS(=O)(=O)c1ccc(C(C)(C)C)cc1)c1cnccn1. The zero-order valence-electron chi connectivity index (χ0n) is 13.2. The Bertz CT molecular complexity index is 720. The summed E-state index contributed by atoms with van der Waals surface area (Å²) in [5.41, 5.74) is 1.66. The average Bonchev–Trinajstić information content (AvgIpc) is 2.47. The maximum atomic E-state index is 12.4. The van der Waals surface area contributed by atoms with Crippen LogP contribution in [0.15, 0.2) is 47.8 Å². The molecule has 2 aromatic rings. The first-order valence-corrected chi connectivity index (χ1v) is 8.57. The average molecular weight is 319 g/mol. The molecule has 1 heterocycles. The Morgan fingerprint density at radius 3 is 2.23 bits per heavy atom. The van der Waals surface area contributed by atoms with Gasteiger partial charge in [0.25, 0.3) is 0 Å². The minimum absolute atomic E-state index is 0.0113. The molecule has 0 amide bonds. The Morgan fingerprint density at radius 1 is 1.09 bits per heavy atom. The van der Waals surface area contributed by atoms with Crippen LogP contribution in [-0.2, 0) is 15.4 Å². The van der Waals surface area contributed by atoms with Gasteiger partial charge in [-0.3, -0.25) is 9.97 Å². The summed E-state index contributed by atoms with van der Waals surface area (Å²) in [7, 11) is -3.59. The molecule has 1 atom stereocenters. The fourth-order valence-electron chi connectivity index (χ4n) is 2.03.